The molecule has 0 bridgehead atoms. The van der Waals surface area contributed by atoms with Crippen LogP contribution >= 0.6 is 0 Å². The highest BCUT2D eigenvalue weighted by molar-refractivity contribution is 6.75. The van der Waals surface area contributed by atoms with E-state index in [2.05, 4.69) is 86.4 Å². The number of rotatable bonds is 2. The van der Waals surface area contributed by atoms with Crippen LogP contribution in [0.5, 0.6) is 0 Å². The molecular formula is C24H22Si. The van der Waals surface area contributed by atoms with E-state index in [-0.39, 0.29) is 0 Å². The maximum absolute atomic E-state index is 2.46. The molecule has 0 aliphatic rings. The van der Waals surface area contributed by atoms with E-state index in [4.69, 9.17) is 0 Å². The summed E-state index contributed by atoms with van der Waals surface area (Å²) in [6.07, 6.45) is 0. The molecule has 0 spiro atoms. The first-order valence-corrected chi connectivity index (χ1v) is 12.8. The van der Waals surface area contributed by atoms with Gasteiger partial charge in [-0.1, -0.05) is 86.4 Å². The Hall–Kier alpha value is -2.38. The minimum absolute atomic E-state index is 1.16. The average Bonchev–Trinajstić information content (AvgIpc) is 2.59. The second kappa shape index (κ2) is 5.06. The molecule has 0 nitrogen and oxygen atoms in total. The maximum Gasteiger partial charge on any atom is 0.0487 e. The molecule has 0 saturated carbocycles. The van der Waals surface area contributed by atoms with Gasteiger partial charge in [-0.15, -0.1) is 0 Å². The first kappa shape index (κ1) is 14.9. The normalized spacial score (nSPS) is 12.8. The molecule has 1 heteroatoms. The molecule has 0 atom stereocenters. The summed E-state index contributed by atoms with van der Waals surface area (Å²) in [5.74, 6) is 0. The molecule has 0 saturated heterocycles. The summed E-state index contributed by atoms with van der Waals surface area (Å²) in [5, 5.41) is 11.2. The number of fused-ring (bicyclic) bond motifs is 2. The van der Waals surface area contributed by atoms with Crippen LogP contribution in [-0.2, 0) is 6.04 Å². The van der Waals surface area contributed by atoms with Gasteiger partial charge in [-0.3, -0.25) is 0 Å². The molecule has 0 amide bonds. The Labute approximate surface area is 149 Å². The van der Waals surface area contributed by atoms with Crippen molar-refractivity contribution in [2.45, 2.75) is 25.7 Å². The SMILES string of the molecule is C[Si](C)(C)Cc1ccc2c3cccc4cccc(c5cccc1c52)c43. The predicted octanol–water partition coefficient (Wildman–Crippen LogP) is 7.16. The van der Waals surface area contributed by atoms with Crippen LogP contribution in [0.25, 0.3) is 43.1 Å². The summed E-state index contributed by atoms with van der Waals surface area (Å²) in [6.45, 7) is 7.37. The first-order chi connectivity index (χ1) is 12.0. The van der Waals surface area contributed by atoms with E-state index in [1.54, 1.807) is 0 Å². The third-order valence-corrected chi connectivity index (χ3v) is 6.78. The third kappa shape index (κ3) is 2.19. The highest BCUT2D eigenvalue weighted by Crippen LogP contribution is 2.41. The van der Waals surface area contributed by atoms with Gasteiger partial charge in [-0.25, -0.2) is 0 Å². The van der Waals surface area contributed by atoms with Crippen molar-refractivity contribution in [2.24, 2.45) is 0 Å². The van der Waals surface area contributed by atoms with Gasteiger partial charge in [0.2, 0.25) is 0 Å². The fraction of sp³-hybridized carbons (Fsp3) is 0.167. The van der Waals surface area contributed by atoms with Crippen LogP contribution in [0.15, 0.2) is 66.7 Å². The van der Waals surface area contributed by atoms with Gasteiger partial charge in [0.1, 0.15) is 0 Å². The van der Waals surface area contributed by atoms with Gasteiger partial charge in [0.25, 0.3) is 0 Å². The van der Waals surface area contributed by atoms with E-state index in [1.165, 1.54) is 54.7 Å². The molecule has 0 heterocycles. The second-order valence-electron chi connectivity index (χ2n) is 8.45. The minimum atomic E-state index is -1.16. The number of benzene rings is 5. The smallest absolute Gasteiger partial charge is 0.0487 e. The van der Waals surface area contributed by atoms with Crippen LogP contribution in [-0.4, -0.2) is 8.07 Å². The summed E-state index contributed by atoms with van der Waals surface area (Å²) in [7, 11) is -1.16. The van der Waals surface area contributed by atoms with E-state index >= 15 is 0 Å². The van der Waals surface area contributed by atoms with Gasteiger partial charge >= 0.3 is 0 Å². The standard InChI is InChI=1S/C24H22Si/c1-25(2,3)15-17-13-14-22-20-11-5-8-16-7-4-10-19(23(16)20)21-12-6-9-18(17)24(21)22/h4-14H,15H2,1-3H3. The number of hydrogen-bond donors (Lipinski definition) is 0. The van der Waals surface area contributed by atoms with Crippen molar-refractivity contribution >= 4 is 51.2 Å². The maximum atomic E-state index is 2.46. The zero-order chi connectivity index (χ0) is 17.2. The molecule has 5 aromatic carbocycles. The lowest BCUT2D eigenvalue weighted by Crippen LogP contribution is -2.23. The molecule has 0 aliphatic heterocycles. The third-order valence-electron chi connectivity index (χ3n) is 5.34. The minimum Gasteiger partial charge on any atom is -0.0693 e. The molecule has 0 aliphatic carbocycles. The molecule has 0 radical (unpaired) electrons. The van der Waals surface area contributed by atoms with E-state index in [0.29, 0.717) is 0 Å². The van der Waals surface area contributed by atoms with Crippen LogP contribution in [0.3, 0.4) is 0 Å². The second-order valence-corrected chi connectivity index (χ2v) is 13.9. The molecule has 0 aromatic heterocycles. The molecular weight excluding hydrogens is 316 g/mol. The van der Waals surface area contributed by atoms with Crippen molar-refractivity contribution in [3.8, 4) is 0 Å². The van der Waals surface area contributed by atoms with E-state index in [1.807, 2.05) is 0 Å². The molecule has 5 aromatic rings. The Morgan fingerprint density at radius 1 is 0.560 bits per heavy atom. The Kier molecular flexibility index (Phi) is 3.02. The van der Waals surface area contributed by atoms with Crippen LogP contribution in [0, 0.1) is 0 Å². The van der Waals surface area contributed by atoms with Crippen molar-refractivity contribution in [1.82, 2.24) is 0 Å². The monoisotopic (exact) mass is 338 g/mol. The molecule has 25 heavy (non-hydrogen) atoms. The molecule has 0 unspecified atom stereocenters. The zero-order valence-corrected chi connectivity index (χ0v) is 16.1. The average molecular weight is 339 g/mol. The lowest BCUT2D eigenvalue weighted by Gasteiger charge is -2.20. The van der Waals surface area contributed by atoms with Crippen LogP contribution in [0.1, 0.15) is 5.56 Å². The highest BCUT2D eigenvalue weighted by Gasteiger charge is 2.18. The first-order valence-electron chi connectivity index (χ1n) is 9.10. The number of hydrogen-bond acceptors (Lipinski definition) is 0. The van der Waals surface area contributed by atoms with Crippen molar-refractivity contribution < 1.29 is 0 Å². The van der Waals surface area contributed by atoms with Gasteiger partial charge in [0.05, 0.1) is 0 Å². The Bertz CT molecular complexity index is 1190. The van der Waals surface area contributed by atoms with Crippen molar-refractivity contribution in [3.63, 3.8) is 0 Å². The van der Waals surface area contributed by atoms with E-state index in [9.17, 15) is 0 Å². The zero-order valence-electron chi connectivity index (χ0n) is 15.1. The van der Waals surface area contributed by atoms with Gasteiger partial charge < -0.3 is 0 Å². The van der Waals surface area contributed by atoms with Crippen molar-refractivity contribution in [2.75, 3.05) is 0 Å². The van der Waals surface area contributed by atoms with E-state index in [0.717, 1.165) is 0 Å². The highest BCUT2D eigenvalue weighted by atomic mass is 28.3. The predicted molar refractivity (Wildman–Crippen MR) is 115 cm³/mol. The van der Waals surface area contributed by atoms with Crippen LogP contribution < -0.4 is 0 Å². The van der Waals surface area contributed by atoms with Crippen LogP contribution in [0.4, 0.5) is 0 Å². The molecule has 5 rings (SSSR count). The Morgan fingerprint density at radius 2 is 1.08 bits per heavy atom. The fourth-order valence-electron chi connectivity index (χ4n) is 4.43. The summed E-state index contributed by atoms with van der Waals surface area (Å²) >= 11 is 0. The fourth-order valence-corrected chi connectivity index (χ4v) is 5.88. The summed E-state index contributed by atoms with van der Waals surface area (Å²) in [6, 6.07) is 26.3. The van der Waals surface area contributed by atoms with Gasteiger partial charge in [0.15, 0.2) is 0 Å². The largest absolute Gasteiger partial charge is 0.0693 e. The van der Waals surface area contributed by atoms with E-state index < -0.39 is 8.07 Å². The quantitative estimate of drug-likeness (QED) is 0.182. The van der Waals surface area contributed by atoms with Crippen molar-refractivity contribution in [3.05, 3.63) is 72.3 Å². The Balaban J connectivity index is 2.03. The topological polar surface area (TPSA) is 0 Å². The summed E-state index contributed by atoms with van der Waals surface area (Å²) in [5.41, 5.74) is 1.52. The lowest BCUT2D eigenvalue weighted by atomic mass is 9.89. The summed E-state index contributed by atoms with van der Waals surface area (Å²) < 4.78 is 0. The van der Waals surface area contributed by atoms with Gasteiger partial charge in [0, 0.05) is 8.07 Å². The van der Waals surface area contributed by atoms with Gasteiger partial charge in [-0.05, 0) is 54.7 Å². The van der Waals surface area contributed by atoms with Crippen molar-refractivity contribution in [1.29, 1.82) is 0 Å². The Morgan fingerprint density at radius 3 is 1.72 bits per heavy atom. The van der Waals surface area contributed by atoms with Gasteiger partial charge in [-0.2, -0.15) is 0 Å². The lowest BCUT2D eigenvalue weighted by molar-refractivity contribution is 1.34. The molecule has 0 fully saturated rings. The summed E-state index contributed by atoms with van der Waals surface area (Å²) in [4.78, 5) is 0. The molecule has 122 valence electrons. The van der Waals surface area contributed by atoms with Crippen LogP contribution in [0.2, 0.25) is 19.6 Å². The molecule has 0 N–H and O–H groups in total.